The largest absolute Gasteiger partial charge is 0.494 e. The summed E-state index contributed by atoms with van der Waals surface area (Å²) in [7, 11) is 0. The van der Waals surface area contributed by atoms with Crippen molar-refractivity contribution in [1.29, 1.82) is 0 Å². The van der Waals surface area contributed by atoms with Crippen LogP contribution in [0.2, 0.25) is 0 Å². The first-order valence-electron chi connectivity index (χ1n) is 5.89. The van der Waals surface area contributed by atoms with E-state index in [1.165, 1.54) is 4.57 Å². The minimum absolute atomic E-state index is 0.0239. The molecule has 0 unspecified atom stereocenters. The smallest absolute Gasteiger partial charge is 0.261 e. The van der Waals surface area contributed by atoms with Crippen LogP contribution in [0.25, 0.3) is 16.8 Å². The minimum Gasteiger partial charge on any atom is -0.494 e. The van der Waals surface area contributed by atoms with Crippen LogP contribution in [0.15, 0.2) is 41.7 Å². The molecule has 0 atom stereocenters. The zero-order chi connectivity index (χ0) is 12.7. The molecule has 1 N–H and O–H groups in total. The van der Waals surface area contributed by atoms with Gasteiger partial charge in [0.25, 0.3) is 5.56 Å². The first-order valence-corrected chi connectivity index (χ1v) is 5.89. The Kier molecular flexibility index (Phi) is 2.33. The number of aromatic nitrogens is 1. The quantitative estimate of drug-likeness (QED) is 0.818. The molecule has 90 valence electrons. The van der Waals surface area contributed by atoms with Crippen molar-refractivity contribution in [1.82, 2.24) is 4.57 Å². The SMILES string of the molecule is C=CCn1c(O)c2c3c(cccc3c1=O)CC=C2. The summed E-state index contributed by atoms with van der Waals surface area (Å²) in [6, 6.07) is 5.69. The van der Waals surface area contributed by atoms with Crippen molar-refractivity contribution in [2.24, 2.45) is 0 Å². The maximum Gasteiger partial charge on any atom is 0.261 e. The Bertz CT molecular complexity index is 738. The van der Waals surface area contributed by atoms with Gasteiger partial charge in [-0.25, -0.2) is 0 Å². The second kappa shape index (κ2) is 3.88. The van der Waals surface area contributed by atoms with Crippen LogP contribution in [-0.2, 0) is 13.0 Å². The van der Waals surface area contributed by atoms with Gasteiger partial charge >= 0.3 is 0 Å². The minimum atomic E-state index is -0.164. The van der Waals surface area contributed by atoms with Gasteiger partial charge in [0.15, 0.2) is 0 Å². The number of aromatic hydroxyl groups is 1. The predicted octanol–water partition coefficient (Wildman–Crippen LogP) is 2.46. The van der Waals surface area contributed by atoms with Crippen LogP contribution in [0.5, 0.6) is 5.88 Å². The number of nitrogens with zero attached hydrogens (tertiary/aromatic N) is 1. The van der Waals surface area contributed by atoms with Gasteiger partial charge in [-0.1, -0.05) is 30.4 Å². The molecular formula is C15H13NO2. The summed E-state index contributed by atoms with van der Waals surface area (Å²) in [5.41, 5.74) is 1.65. The van der Waals surface area contributed by atoms with Crippen LogP contribution in [0, 0.1) is 0 Å². The molecule has 2 aromatic rings. The zero-order valence-electron chi connectivity index (χ0n) is 9.89. The van der Waals surface area contributed by atoms with Gasteiger partial charge in [0.05, 0.1) is 0 Å². The highest BCUT2D eigenvalue weighted by atomic mass is 16.3. The number of pyridine rings is 1. The van der Waals surface area contributed by atoms with Crippen molar-refractivity contribution >= 4 is 16.8 Å². The molecule has 1 aromatic carbocycles. The summed E-state index contributed by atoms with van der Waals surface area (Å²) >= 11 is 0. The van der Waals surface area contributed by atoms with Gasteiger partial charge in [-0.2, -0.15) is 0 Å². The van der Waals surface area contributed by atoms with E-state index in [1.807, 2.05) is 30.4 Å². The van der Waals surface area contributed by atoms with Crippen molar-refractivity contribution in [3.63, 3.8) is 0 Å². The molecule has 0 aliphatic heterocycles. The monoisotopic (exact) mass is 239 g/mol. The van der Waals surface area contributed by atoms with E-state index in [1.54, 1.807) is 6.08 Å². The van der Waals surface area contributed by atoms with E-state index in [0.29, 0.717) is 11.9 Å². The fourth-order valence-electron chi connectivity index (χ4n) is 2.53. The Hall–Kier alpha value is -2.29. The lowest BCUT2D eigenvalue weighted by molar-refractivity contribution is 0.417. The maximum atomic E-state index is 12.3. The number of benzene rings is 1. The van der Waals surface area contributed by atoms with Gasteiger partial charge in [0.2, 0.25) is 5.88 Å². The van der Waals surface area contributed by atoms with E-state index in [9.17, 15) is 9.90 Å². The third kappa shape index (κ3) is 1.34. The molecule has 3 nitrogen and oxygen atoms in total. The Balaban J connectivity index is 2.53. The van der Waals surface area contributed by atoms with E-state index in [0.717, 1.165) is 22.9 Å². The molecule has 1 aliphatic carbocycles. The Morgan fingerprint density at radius 1 is 1.44 bits per heavy atom. The third-order valence-electron chi connectivity index (χ3n) is 3.33. The summed E-state index contributed by atoms with van der Waals surface area (Å²) in [6.07, 6.45) is 6.29. The molecule has 0 saturated heterocycles. The van der Waals surface area contributed by atoms with E-state index >= 15 is 0 Å². The highest BCUT2D eigenvalue weighted by molar-refractivity contribution is 5.96. The molecule has 1 aromatic heterocycles. The molecule has 18 heavy (non-hydrogen) atoms. The predicted molar refractivity (Wildman–Crippen MR) is 72.8 cm³/mol. The molecule has 0 bridgehead atoms. The van der Waals surface area contributed by atoms with Gasteiger partial charge in [-0.15, -0.1) is 6.58 Å². The first kappa shape index (κ1) is 10.8. The van der Waals surface area contributed by atoms with Crippen LogP contribution in [0.4, 0.5) is 0 Å². The summed E-state index contributed by atoms with van der Waals surface area (Å²) in [4.78, 5) is 12.3. The molecule has 0 fully saturated rings. The fourth-order valence-corrected chi connectivity index (χ4v) is 2.53. The maximum absolute atomic E-state index is 12.3. The highest BCUT2D eigenvalue weighted by Crippen LogP contribution is 2.32. The lowest BCUT2D eigenvalue weighted by Gasteiger charge is -2.17. The van der Waals surface area contributed by atoms with Crippen LogP contribution in [-0.4, -0.2) is 9.67 Å². The molecular weight excluding hydrogens is 226 g/mol. The molecule has 0 amide bonds. The van der Waals surface area contributed by atoms with Crippen LogP contribution >= 0.6 is 0 Å². The molecule has 0 radical (unpaired) electrons. The second-order valence-electron chi connectivity index (χ2n) is 4.39. The Morgan fingerprint density at radius 3 is 3.06 bits per heavy atom. The number of hydrogen-bond acceptors (Lipinski definition) is 2. The van der Waals surface area contributed by atoms with Crippen LogP contribution in [0.1, 0.15) is 11.1 Å². The van der Waals surface area contributed by atoms with Crippen LogP contribution < -0.4 is 5.56 Å². The topological polar surface area (TPSA) is 42.2 Å². The van der Waals surface area contributed by atoms with Crippen LogP contribution in [0.3, 0.4) is 0 Å². The second-order valence-corrected chi connectivity index (χ2v) is 4.39. The van der Waals surface area contributed by atoms with Crippen molar-refractivity contribution in [3.05, 3.63) is 58.4 Å². The zero-order valence-corrected chi connectivity index (χ0v) is 9.89. The first-order chi connectivity index (χ1) is 8.74. The molecule has 0 saturated carbocycles. The van der Waals surface area contributed by atoms with E-state index in [-0.39, 0.29) is 11.4 Å². The van der Waals surface area contributed by atoms with Gasteiger partial charge in [0.1, 0.15) is 0 Å². The van der Waals surface area contributed by atoms with Crippen molar-refractivity contribution in [2.75, 3.05) is 0 Å². The van der Waals surface area contributed by atoms with E-state index < -0.39 is 0 Å². The normalized spacial score (nSPS) is 12.9. The number of rotatable bonds is 2. The van der Waals surface area contributed by atoms with Gasteiger partial charge in [0, 0.05) is 22.9 Å². The average Bonchev–Trinajstić information content (AvgIpc) is 2.40. The van der Waals surface area contributed by atoms with Gasteiger partial charge in [-0.3, -0.25) is 9.36 Å². The van der Waals surface area contributed by atoms with Gasteiger partial charge < -0.3 is 5.11 Å². The van der Waals surface area contributed by atoms with Crippen molar-refractivity contribution in [2.45, 2.75) is 13.0 Å². The Labute approximate surface area is 104 Å². The average molecular weight is 239 g/mol. The standard InChI is InChI=1S/C15H13NO2/c1-2-9-16-14(17)11-7-3-5-10-6-4-8-12(13(10)11)15(16)18/h2-5,7-8,18H,1,6,9H2. The lowest BCUT2D eigenvalue weighted by Crippen LogP contribution is -2.21. The molecule has 1 aliphatic rings. The van der Waals surface area contributed by atoms with E-state index in [2.05, 4.69) is 6.58 Å². The summed E-state index contributed by atoms with van der Waals surface area (Å²) in [5, 5.41) is 11.8. The van der Waals surface area contributed by atoms with Crippen molar-refractivity contribution in [3.8, 4) is 5.88 Å². The number of allylic oxidation sites excluding steroid dienone is 2. The molecule has 3 rings (SSSR count). The fraction of sp³-hybridized carbons (Fsp3) is 0.133. The summed E-state index contributed by atoms with van der Waals surface area (Å²) < 4.78 is 1.35. The Morgan fingerprint density at radius 2 is 2.28 bits per heavy atom. The highest BCUT2D eigenvalue weighted by Gasteiger charge is 2.17. The number of hydrogen-bond donors (Lipinski definition) is 1. The third-order valence-corrected chi connectivity index (χ3v) is 3.33. The summed E-state index contributed by atoms with van der Waals surface area (Å²) in [5.74, 6) is 0.0239. The molecule has 1 heterocycles. The lowest BCUT2D eigenvalue weighted by atomic mass is 9.94. The van der Waals surface area contributed by atoms with E-state index in [4.69, 9.17) is 0 Å². The molecule has 0 spiro atoms. The molecule has 3 heteroatoms. The van der Waals surface area contributed by atoms with Crippen molar-refractivity contribution < 1.29 is 5.11 Å². The summed E-state index contributed by atoms with van der Waals surface area (Å²) in [6.45, 7) is 3.93. The van der Waals surface area contributed by atoms with Gasteiger partial charge in [-0.05, 0) is 18.1 Å².